The van der Waals surface area contributed by atoms with Crippen LogP contribution in [0.2, 0.25) is 105 Å². The molecule has 272 valence electrons. The van der Waals surface area contributed by atoms with Crippen LogP contribution < -0.4 is 0 Å². The van der Waals surface area contributed by atoms with E-state index in [0.717, 1.165) is 0 Å². The maximum absolute atomic E-state index is 7.02. The largest absolute Gasteiger partial charge is 0.643 e. The summed E-state index contributed by atoms with van der Waals surface area (Å²) in [5.74, 6) is 0. The lowest BCUT2D eigenvalue weighted by molar-refractivity contribution is 0.103. The van der Waals surface area contributed by atoms with E-state index in [1.54, 1.807) is 0 Å². The Bertz CT molecular complexity index is 787. The monoisotopic (exact) mass is 792 g/mol. The molecule has 0 saturated heterocycles. The van der Waals surface area contributed by atoms with Crippen LogP contribution in [0.3, 0.4) is 0 Å². The first-order chi connectivity index (χ1) is 17.9. The molecule has 0 radical (unpaired) electrons. The summed E-state index contributed by atoms with van der Waals surface area (Å²) in [6, 6.07) is 0. The second-order valence-corrected chi connectivity index (χ2v) is 47.3. The lowest BCUT2D eigenvalue weighted by Gasteiger charge is -2.47. The van der Waals surface area contributed by atoms with Crippen molar-refractivity contribution in [3.05, 3.63) is 49.1 Å². The smallest absolute Gasteiger partial charge is 0.433 e. The molecular formula is C28H76O8Si9. The summed E-state index contributed by atoms with van der Waals surface area (Å²) < 4.78 is 54.8. The van der Waals surface area contributed by atoms with Gasteiger partial charge in [0, 0.05) is 0 Å². The normalized spacial score (nSPS) is 13.7. The molecule has 0 fully saturated rings. The van der Waals surface area contributed by atoms with E-state index >= 15 is 0 Å². The lowest BCUT2D eigenvalue weighted by atomic mass is 11.3. The summed E-state index contributed by atoms with van der Waals surface area (Å²) in [6.07, 6.45) is 0. The highest BCUT2D eigenvalue weighted by atomic mass is 28.6. The van der Waals surface area contributed by atoms with Crippen LogP contribution in [0.1, 0.15) is 29.7 Å². The first-order valence-electron chi connectivity index (χ1n) is 14.1. The SMILES string of the molecule is C.C.C.C.C=C[Si](C)(C)O[Si](C)(C)O[Si](O[Si](C)(C)O[Si](C)(C)C=C)(O[Si](C)(C)O[Si](C)(C)C=C)O[Si](C)(C)O[Si](C)(C)C=C. The maximum Gasteiger partial charge on any atom is 0.643 e. The molecule has 0 N–H and O–H groups in total. The van der Waals surface area contributed by atoms with Crippen LogP contribution >= 0.6 is 0 Å². The highest BCUT2D eigenvalue weighted by Crippen LogP contribution is 2.34. The fourth-order valence-corrected chi connectivity index (χ4v) is 40.8. The van der Waals surface area contributed by atoms with Crippen LogP contribution in [0.15, 0.2) is 49.1 Å². The summed E-state index contributed by atoms with van der Waals surface area (Å²) in [5, 5.41) is 0. The average Bonchev–Trinajstić information content (AvgIpc) is 2.68. The van der Waals surface area contributed by atoms with Gasteiger partial charge in [-0.2, -0.15) is 0 Å². The van der Waals surface area contributed by atoms with Crippen LogP contribution in [-0.4, -0.2) is 76.6 Å². The first-order valence-corrected chi connectivity index (χ1v) is 38.9. The minimum Gasteiger partial charge on any atom is -0.433 e. The fraction of sp³-hybridized carbons (Fsp3) is 0.714. The Labute approximate surface area is 291 Å². The second-order valence-electron chi connectivity index (χ2n) is 14.1. The predicted octanol–water partition coefficient (Wildman–Crippen LogP) is 10.6. The van der Waals surface area contributed by atoms with Gasteiger partial charge in [0.15, 0.2) is 33.3 Å². The Balaban J connectivity index is -0.00000133. The maximum atomic E-state index is 7.02. The van der Waals surface area contributed by atoms with Gasteiger partial charge in [0.25, 0.3) is 0 Å². The molecule has 0 aromatic rings. The van der Waals surface area contributed by atoms with Crippen molar-refractivity contribution in [2.24, 2.45) is 0 Å². The van der Waals surface area contributed by atoms with Gasteiger partial charge in [0.05, 0.1) is 0 Å². The Hall–Kier alpha value is 0.592. The van der Waals surface area contributed by atoms with E-state index in [-0.39, 0.29) is 29.7 Å². The first kappa shape index (κ1) is 55.0. The van der Waals surface area contributed by atoms with E-state index < -0.39 is 76.6 Å². The van der Waals surface area contributed by atoms with Crippen molar-refractivity contribution < 1.29 is 32.9 Å². The fourth-order valence-electron chi connectivity index (χ4n) is 4.11. The molecule has 0 amide bonds. The minimum atomic E-state index is -4.09. The van der Waals surface area contributed by atoms with Crippen LogP contribution in [0, 0.1) is 0 Å². The molecule has 0 aromatic carbocycles. The van der Waals surface area contributed by atoms with E-state index in [2.05, 4.69) is 78.7 Å². The molecule has 0 saturated carbocycles. The van der Waals surface area contributed by atoms with Crippen LogP contribution in [0.4, 0.5) is 0 Å². The van der Waals surface area contributed by atoms with Crippen molar-refractivity contribution in [1.82, 2.24) is 0 Å². The summed E-state index contributed by atoms with van der Waals surface area (Å²) in [6.45, 7) is 48.7. The molecular weight excluding hydrogens is 717 g/mol. The zero-order valence-electron chi connectivity index (χ0n) is 28.9. The van der Waals surface area contributed by atoms with Gasteiger partial charge in [-0.1, -0.05) is 52.5 Å². The standard InChI is InChI=1S/C24H60O8Si9.4CH4/c1-21-33(5,6)25-37(13,14)29-41(30-38(15,16)26-34(7,8)22-2,31-39(17,18)27-35(9,10)23-3)32-40(19,20)28-36(11,12)24-4;;;;/h21-24H,1-4H2,5-20H3;4*1H4. The van der Waals surface area contributed by atoms with Gasteiger partial charge in [0.1, 0.15) is 0 Å². The minimum absolute atomic E-state index is 0. The van der Waals surface area contributed by atoms with Crippen LogP contribution in [0.25, 0.3) is 0 Å². The Morgan fingerprint density at radius 3 is 0.533 bits per heavy atom. The third kappa shape index (κ3) is 22.0. The zero-order chi connectivity index (χ0) is 33.0. The van der Waals surface area contributed by atoms with Gasteiger partial charge >= 0.3 is 43.3 Å². The Morgan fingerprint density at radius 1 is 0.289 bits per heavy atom. The molecule has 8 nitrogen and oxygen atoms in total. The quantitative estimate of drug-likeness (QED) is 0.113. The van der Waals surface area contributed by atoms with E-state index in [4.69, 9.17) is 32.9 Å². The molecule has 0 heterocycles. The number of rotatable bonds is 20. The molecule has 0 spiro atoms. The third-order valence-corrected chi connectivity index (χ3v) is 37.6. The molecule has 0 aliphatic rings. The average molecular weight is 794 g/mol. The molecule has 0 unspecified atom stereocenters. The molecule has 45 heavy (non-hydrogen) atoms. The van der Waals surface area contributed by atoms with Crippen LogP contribution in [-0.2, 0) is 32.9 Å². The van der Waals surface area contributed by atoms with E-state index in [1.165, 1.54) is 0 Å². The molecule has 17 heteroatoms. The van der Waals surface area contributed by atoms with Gasteiger partial charge < -0.3 is 32.9 Å². The number of hydrogen-bond donors (Lipinski definition) is 0. The van der Waals surface area contributed by atoms with E-state index in [0.29, 0.717) is 0 Å². The van der Waals surface area contributed by atoms with E-state index in [1.807, 2.05) is 75.2 Å². The summed E-state index contributed by atoms with van der Waals surface area (Å²) in [7, 11) is -24.8. The number of hydrogen-bond acceptors (Lipinski definition) is 8. The second kappa shape index (κ2) is 19.1. The highest BCUT2D eigenvalue weighted by Gasteiger charge is 2.62. The molecule has 0 rings (SSSR count). The Kier molecular flexibility index (Phi) is 23.4. The van der Waals surface area contributed by atoms with Crippen molar-refractivity contribution in [1.29, 1.82) is 0 Å². The molecule has 0 atom stereocenters. The van der Waals surface area contributed by atoms with Crippen molar-refractivity contribution >= 4 is 76.6 Å². The zero-order valence-corrected chi connectivity index (χ0v) is 37.9. The summed E-state index contributed by atoms with van der Waals surface area (Å²) in [4.78, 5) is 0. The van der Waals surface area contributed by atoms with Crippen molar-refractivity contribution in [3.8, 4) is 0 Å². The van der Waals surface area contributed by atoms with Crippen molar-refractivity contribution in [2.45, 2.75) is 134 Å². The van der Waals surface area contributed by atoms with Crippen molar-refractivity contribution in [2.75, 3.05) is 0 Å². The molecule has 0 bridgehead atoms. The topological polar surface area (TPSA) is 73.8 Å². The molecule has 0 aliphatic heterocycles. The molecule has 0 aliphatic carbocycles. The predicted molar refractivity (Wildman–Crippen MR) is 222 cm³/mol. The molecule has 0 aromatic heterocycles. The van der Waals surface area contributed by atoms with Gasteiger partial charge in [0.2, 0.25) is 0 Å². The Morgan fingerprint density at radius 2 is 0.422 bits per heavy atom. The van der Waals surface area contributed by atoms with Gasteiger partial charge in [-0.3, -0.25) is 0 Å². The van der Waals surface area contributed by atoms with Gasteiger partial charge in [-0.05, 0) is 105 Å². The van der Waals surface area contributed by atoms with Crippen LogP contribution in [0.5, 0.6) is 0 Å². The third-order valence-electron chi connectivity index (χ3n) is 5.48. The van der Waals surface area contributed by atoms with E-state index in [9.17, 15) is 0 Å². The van der Waals surface area contributed by atoms with Gasteiger partial charge in [-0.25, -0.2) is 0 Å². The summed E-state index contributed by atoms with van der Waals surface area (Å²) >= 11 is 0. The lowest BCUT2D eigenvalue weighted by Crippen LogP contribution is -2.70. The van der Waals surface area contributed by atoms with Gasteiger partial charge in [-0.15, -0.1) is 26.3 Å². The highest BCUT2D eigenvalue weighted by molar-refractivity contribution is 6.95. The summed E-state index contributed by atoms with van der Waals surface area (Å²) in [5.41, 5.74) is 7.60. The van der Waals surface area contributed by atoms with Crippen molar-refractivity contribution in [3.63, 3.8) is 0 Å².